The number of likely N-dealkylation sites (tertiary alicyclic amines) is 2. The van der Waals surface area contributed by atoms with Gasteiger partial charge in [0.25, 0.3) is 0 Å². The summed E-state index contributed by atoms with van der Waals surface area (Å²) >= 11 is 0. The fourth-order valence-electron chi connectivity index (χ4n) is 4.80. The minimum Gasteiger partial charge on any atom is -0.444 e. The fourth-order valence-corrected chi connectivity index (χ4v) is 4.80. The molecule has 4 atom stereocenters. The Morgan fingerprint density at radius 3 is 1.00 bits per heavy atom. The first-order valence-electron chi connectivity index (χ1n) is 13.6. The molecule has 2 amide bonds. The Balaban J connectivity index is 0.000000360. The zero-order valence-electron chi connectivity index (χ0n) is 24.3. The van der Waals surface area contributed by atoms with Gasteiger partial charge in [0.05, 0.1) is 0 Å². The van der Waals surface area contributed by atoms with E-state index in [1.807, 2.05) is 69.2 Å². The summed E-state index contributed by atoms with van der Waals surface area (Å²) in [6.07, 6.45) is 4.46. The highest BCUT2D eigenvalue weighted by molar-refractivity contribution is 5.83. The monoisotopic (exact) mass is 510 g/mol. The number of piperidine rings is 2. The van der Waals surface area contributed by atoms with Crippen molar-refractivity contribution >= 4 is 23.8 Å². The standard InChI is InChI=1S/2C14H25NO3/c2*1-6-10-8-12(16)9-11(7-2)15(10)13(17)18-14(3,4)5/h2*10-11H,6-9H2,1-5H3/t2*10-,11+. The summed E-state index contributed by atoms with van der Waals surface area (Å²) in [7, 11) is 0. The lowest BCUT2D eigenvalue weighted by Crippen LogP contribution is -2.53. The van der Waals surface area contributed by atoms with Crippen LogP contribution in [0.2, 0.25) is 0 Å². The molecule has 0 radical (unpaired) electrons. The zero-order chi connectivity index (χ0) is 27.8. The Bertz CT molecular complexity index is 671. The van der Waals surface area contributed by atoms with Crippen LogP contribution in [0.1, 0.15) is 121 Å². The van der Waals surface area contributed by atoms with Gasteiger partial charge >= 0.3 is 12.2 Å². The largest absolute Gasteiger partial charge is 0.444 e. The summed E-state index contributed by atoms with van der Waals surface area (Å²) in [5.74, 6) is 0.516. The molecule has 0 aliphatic carbocycles. The second kappa shape index (κ2) is 13.4. The van der Waals surface area contributed by atoms with E-state index in [1.165, 1.54) is 0 Å². The van der Waals surface area contributed by atoms with E-state index in [1.54, 1.807) is 9.80 Å². The second-order valence-corrected chi connectivity index (χ2v) is 11.9. The molecule has 0 spiro atoms. The number of rotatable bonds is 4. The normalized spacial score (nSPS) is 25.2. The van der Waals surface area contributed by atoms with Crippen LogP contribution in [0.3, 0.4) is 0 Å². The quantitative estimate of drug-likeness (QED) is 0.441. The molecule has 2 aliphatic heterocycles. The number of hydrogen-bond donors (Lipinski definition) is 0. The average molecular weight is 511 g/mol. The maximum atomic E-state index is 12.3. The van der Waals surface area contributed by atoms with Crippen molar-refractivity contribution in [2.75, 3.05) is 0 Å². The molecule has 2 aliphatic rings. The Morgan fingerprint density at radius 1 is 0.611 bits per heavy atom. The topological polar surface area (TPSA) is 93.2 Å². The number of nitrogens with zero attached hydrogens (tertiary/aromatic N) is 2. The smallest absolute Gasteiger partial charge is 0.410 e. The van der Waals surface area contributed by atoms with Gasteiger partial charge in [0.2, 0.25) is 0 Å². The number of hydrogen-bond acceptors (Lipinski definition) is 6. The predicted octanol–water partition coefficient (Wildman–Crippen LogP) is 6.29. The van der Waals surface area contributed by atoms with Gasteiger partial charge in [-0.1, -0.05) is 27.7 Å². The van der Waals surface area contributed by atoms with Gasteiger partial charge in [-0.05, 0) is 67.2 Å². The molecule has 8 nitrogen and oxygen atoms in total. The number of Topliss-reactive ketones (excluding diaryl/α,β-unsaturated/α-hetero) is 2. The van der Waals surface area contributed by atoms with Gasteiger partial charge in [-0.3, -0.25) is 9.59 Å². The zero-order valence-corrected chi connectivity index (χ0v) is 24.3. The van der Waals surface area contributed by atoms with E-state index in [-0.39, 0.29) is 47.9 Å². The fraction of sp³-hybridized carbons (Fsp3) is 0.857. The second-order valence-electron chi connectivity index (χ2n) is 11.9. The molecule has 0 N–H and O–H groups in total. The van der Waals surface area contributed by atoms with Crippen LogP contribution < -0.4 is 0 Å². The van der Waals surface area contributed by atoms with Crippen LogP contribution >= 0.6 is 0 Å². The van der Waals surface area contributed by atoms with Crippen molar-refractivity contribution in [3.8, 4) is 0 Å². The molecule has 0 bridgehead atoms. The lowest BCUT2D eigenvalue weighted by Gasteiger charge is -2.41. The molecule has 0 unspecified atom stereocenters. The molecular weight excluding hydrogens is 460 g/mol. The third-order valence-electron chi connectivity index (χ3n) is 6.52. The van der Waals surface area contributed by atoms with Gasteiger partial charge in [-0.15, -0.1) is 0 Å². The summed E-state index contributed by atoms with van der Waals surface area (Å²) < 4.78 is 10.9. The Labute approximate surface area is 218 Å². The summed E-state index contributed by atoms with van der Waals surface area (Å²) in [5, 5.41) is 0. The first-order chi connectivity index (χ1) is 16.6. The van der Waals surface area contributed by atoms with E-state index in [2.05, 4.69) is 0 Å². The molecule has 0 aromatic rings. The molecule has 2 rings (SSSR count). The lowest BCUT2D eigenvalue weighted by atomic mass is 9.92. The Hall–Kier alpha value is -2.12. The van der Waals surface area contributed by atoms with Crippen LogP contribution in [0.5, 0.6) is 0 Å². The molecule has 2 heterocycles. The number of amides is 2. The van der Waals surface area contributed by atoms with Crippen LogP contribution in [-0.2, 0) is 19.1 Å². The molecule has 0 aromatic carbocycles. The van der Waals surface area contributed by atoms with Crippen LogP contribution in [0.15, 0.2) is 0 Å². The van der Waals surface area contributed by atoms with E-state index >= 15 is 0 Å². The van der Waals surface area contributed by atoms with E-state index in [4.69, 9.17) is 9.47 Å². The molecule has 208 valence electrons. The van der Waals surface area contributed by atoms with E-state index in [0.29, 0.717) is 25.7 Å². The minimum atomic E-state index is -0.491. The highest BCUT2D eigenvalue weighted by Gasteiger charge is 2.39. The lowest BCUT2D eigenvalue weighted by molar-refractivity contribution is -0.126. The number of ether oxygens (including phenoxy) is 2. The van der Waals surface area contributed by atoms with Crippen molar-refractivity contribution in [2.24, 2.45) is 0 Å². The molecule has 8 heteroatoms. The van der Waals surface area contributed by atoms with Crippen molar-refractivity contribution in [2.45, 2.75) is 156 Å². The van der Waals surface area contributed by atoms with Gasteiger partial charge in [0.1, 0.15) is 22.8 Å². The van der Waals surface area contributed by atoms with Crippen LogP contribution in [0.4, 0.5) is 9.59 Å². The molecular formula is C28H50N2O6. The summed E-state index contributed by atoms with van der Waals surface area (Å²) in [5.41, 5.74) is -0.982. The van der Waals surface area contributed by atoms with Gasteiger partial charge in [0, 0.05) is 49.9 Å². The molecule has 0 aromatic heterocycles. The first-order valence-corrected chi connectivity index (χ1v) is 13.6. The highest BCUT2D eigenvalue weighted by Crippen LogP contribution is 2.28. The molecule has 36 heavy (non-hydrogen) atoms. The number of carbonyl (C=O) groups excluding carboxylic acids is 4. The van der Waals surface area contributed by atoms with Crippen molar-refractivity contribution in [3.05, 3.63) is 0 Å². The Kier molecular flexibility index (Phi) is 11.9. The van der Waals surface area contributed by atoms with Crippen molar-refractivity contribution in [3.63, 3.8) is 0 Å². The van der Waals surface area contributed by atoms with Crippen LogP contribution in [-0.4, -0.2) is 68.9 Å². The van der Waals surface area contributed by atoms with E-state index < -0.39 is 11.2 Å². The van der Waals surface area contributed by atoms with Gasteiger partial charge in [-0.2, -0.15) is 0 Å². The number of carbonyl (C=O) groups is 4. The first kappa shape index (κ1) is 31.9. The van der Waals surface area contributed by atoms with Crippen molar-refractivity contribution in [1.82, 2.24) is 9.80 Å². The van der Waals surface area contributed by atoms with E-state index in [0.717, 1.165) is 25.7 Å². The summed E-state index contributed by atoms with van der Waals surface area (Å²) in [6, 6.07) is -0.0331. The molecule has 0 saturated carbocycles. The third-order valence-corrected chi connectivity index (χ3v) is 6.52. The van der Waals surface area contributed by atoms with Crippen molar-refractivity contribution < 1.29 is 28.7 Å². The average Bonchev–Trinajstić information content (AvgIpc) is 2.75. The van der Waals surface area contributed by atoms with E-state index in [9.17, 15) is 19.2 Å². The summed E-state index contributed by atoms with van der Waals surface area (Å²) in [4.78, 5) is 51.4. The third kappa shape index (κ3) is 9.74. The minimum absolute atomic E-state index is 0.00829. The van der Waals surface area contributed by atoms with Crippen LogP contribution in [0, 0.1) is 0 Å². The van der Waals surface area contributed by atoms with Gasteiger partial charge in [0.15, 0.2) is 0 Å². The maximum Gasteiger partial charge on any atom is 0.410 e. The Morgan fingerprint density at radius 2 is 0.833 bits per heavy atom. The maximum absolute atomic E-state index is 12.3. The van der Waals surface area contributed by atoms with Crippen molar-refractivity contribution in [1.29, 1.82) is 0 Å². The number of ketones is 2. The molecule has 2 fully saturated rings. The highest BCUT2D eigenvalue weighted by atomic mass is 16.6. The van der Waals surface area contributed by atoms with Gasteiger partial charge < -0.3 is 19.3 Å². The summed E-state index contributed by atoms with van der Waals surface area (Å²) in [6.45, 7) is 19.2. The predicted molar refractivity (Wildman–Crippen MR) is 141 cm³/mol. The van der Waals surface area contributed by atoms with Crippen LogP contribution in [0.25, 0.3) is 0 Å². The van der Waals surface area contributed by atoms with Gasteiger partial charge in [-0.25, -0.2) is 9.59 Å². The SMILES string of the molecule is CC[C@@H]1CC(=O)C[C@H](CC)N1C(=O)OC(C)(C)C.CC[C@@H]1CC(=O)C[C@H](CC)N1C(=O)OC(C)(C)C. The molecule has 2 saturated heterocycles.